The second-order valence-electron chi connectivity index (χ2n) is 9.70. The smallest absolute Gasteiger partial charge is 0.384 e. The summed E-state index contributed by atoms with van der Waals surface area (Å²) in [6.45, 7) is 15.0. The van der Waals surface area contributed by atoms with Crippen molar-refractivity contribution in [3.8, 4) is 11.8 Å². The van der Waals surface area contributed by atoms with Gasteiger partial charge in [-0.05, 0) is 79.7 Å². The highest BCUT2D eigenvalue weighted by atomic mass is 16.5. The van der Waals surface area contributed by atoms with E-state index in [-0.39, 0.29) is 6.10 Å². The Morgan fingerprint density at radius 3 is 1.97 bits per heavy atom. The number of carbonyl (C=O) groups excluding carboxylic acids is 1. The minimum atomic E-state index is -0.407. The summed E-state index contributed by atoms with van der Waals surface area (Å²) in [6.07, 6.45) is 21.5. The van der Waals surface area contributed by atoms with Crippen molar-refractivity contribution in [2.24, 2.45) is 0 Å². The average Bonchev–Trinajstić information content (AvgIpc) is 2.73. The van der Waals surface area contributed by atoms with Gasteiger partial charge in [-0.15, -0.1) is 0 Å². The number of esters is 1. The third-order valence-corrected chi connectivity index (χ3v) is 5.46. The molecule has 0 heterocycles. The van der Waals surface area contributed by atoms with E-state index in [9.17, 15) is 4.79 Å². The molecule has 186 valence electrons. The van der Waals surface area contributed by atoms with Crippen LogP contribution in [0, 0.1) is 11.8 Å². The molecule has 0 radical (unpaired) electrons. The average molecular weight is 455 g/mol. The second kappa shape index (κ2) is 20.6. The fourth-order valence-electron chi connectivity index (χ4n) is 3.44. The fourth-order valence-corrected chi connectivity index (χ4v) is 3.44. The molecule has 0 saturated heterocycles. The highest BCUT2D eigenvalue weighted by Gasteiger charge is 2.10. The molecule has 0 aliphatic carbocycles. The lowest BCUT2D eigenvalue weighted by Crippen LogP contribution is -2.15. The molecule has 1 unspecified atom stereocenters. The Morgan fingerprint density at radius 1 is 0.788 bits per heavy atom. The van der Waals surface area contributed by atoms with Gasteiger partial charge in [-0.2, -0.15) is 0 Å². The maximum absolute atomic E-state index is 12.3. The highest BCUT2D eigenvalue weighted by molar-refractivity contribution is 5.88. The van der Waals surface area contributed by atoms with Crippen LogP contribution >= 0.6 is 0 Å². The first-order chi connectivity index (χ1) is 15.7. The van der Waals surface area contributed by atoms with Gasteiger partial charge in [-0.3, -0.25) is 0 Å². The van der Waals surface area contributed by atoms with Crippen molar-refractivity contribution in [3.63, 3.8) is 0 Å². The zero-order valence-electron chi connectivity index (χ0n) is 22.7. The van der Waals surface area contributed by atoms with Gasteiger partial charge >= 0.3 is 5.97 Å². The third-order valence-electron chi connectivity index (χ3n) is 5.46. The Hall–Kier alpha value is -2.01. The summed E-state index contributed by atoms with van der Waals surface area (Å²) < 4.78 is 5.74. The van der Waals surface area contributed by atoms with Crippen LogP contribution in [0.2, 0.25) is 0 Å². The Kier molecular flexibility index (Phi) is 19.3. The Morgan fingerprint density at radius 2 is 1.36 bits per heavy atom. The quantitative estimate of drug-likeness (QED) is 0.0763. The van der Waals surface area contributed by atoms with Crippen molar-refractivity contribution in [1.29, 1.82) is 0 Å². The van der Waals surface area contributed by atoms with Crippen molar-refractivity contribution in [2.75, 3.05) is 0 Å². The van der Waals surface area contributed by atoms with Crippen LogP contribution < -0.4 is 0 Å². The molecule has 2 heteroatoms. The lowest BCUT2D eigenvalue weighted by atomic mass is 10.0. The summed E-state index contributed by atoms with van der Waals surface area (Å²) >= 11 is 0. The monoisotopic (exact) mass is 454 g/mol. The van der Waals surface area contributed by atoms with Crippen molar-refractivity contribution < 1.29 is 9.53 Å². The highest BCUT2D eigenvalue weighted by Crippen LogP contribution is 2.15. The van der Waals surface area contributed by atoms with Gasteiger partial charge in [0.15, 0.2) is 0 Å². The minimum absolute atomic E-state index is 0.258. The maximum atomic E-state index is 12.3. The molecule has 0 aromatic heterocycles. The molecule has 0 bridgehead atoms. The zero-order valence-corrected chi connectivity index (χ0v) is 22.7. The van der Waals surface area contributed by atoms with E-state index in [0.717, 1.165) is 38.5 Å². The minimum Gasteiger partial charge on any atom is -0.448 e. The van der Waals surface area contributed by atoms with Crippen LogP contribution in [0.5, 0.6) is 0 Å². The van der Waals surface area contributed by atoms with E-state index in [1.54, 1.807) is 0 Å². The summed E-state index contributed by atoms with van der Waals surface area (Å²) in [4.78, 5) is 12.3. The van der Waals surface area contributed by atoms with E-state index in [4.69, 9.17) is 4.74 Å². The van der Waals surface area contributed by atoms with Gasteiger partial charge in [0.2, 0.25) is 0 Å². The molecule has 2 nitrogen and oxygen atoms in total. The van der Waals surface area contributed by atoms with Crippen molar-refractivity contribution >= 4 is 5.97 Å². The van der Waals surface area contributed by atoms with E-state index < -0.39 is 5.97 Å². The van der Waals surface area contributed by atoms with Gasteiger partial charge in [0.05, 0.1) is 0 Å². The van der Waals surface area contributed by atoms with Crippen LogP contribution in [-0.2, 0) is 9.53 Å². The van der Waals surface area contributed by atoms with Crippen molar-refractivity contribution in [2.45, 2.75) is 132 Å². The number of hydrogen-bond donors (Lipinski definition) is 0. The summed E-state index contributed by atoms with van der Waals surface area (Å²) in [5.74, 6) is 5.31. The number of hydrogen-bond acceptors (Lipinski definition) is 2. The SMILES string of the molecule is CCCCCCCCC#CC(=O)OC(/C=C(\C)CCC=C(C)C)C/C=C(\C)CCC=C(C)C. The molecular formula is C31H50O2. The number of unbranched alkanes of at least 4 members (excludes halogenated alkanes) is 6. The fraction of sp³-hybridized carbons (Fsp3) is 0.645. The van der Waals surface area contributed by atoms with E-state index in [1.165, 1.54) is 54.4 Å². The number of carbonyl (C=O) groups is 1. The molecule has 33 heavy (non-hydrogen) atoms. The molecule has 0 fully saturated rings. The lowest BCUT2D eigenvalue weighted by Gasteiger charge is -2.13. The third kappa shape index (κ3) is 21.6. The molecule has 0 aliphatic rings. The molecule has 0 saturated carbocycles. The van der Waals surface area contributed by atoms with Crippen LogP contribution in [0.15, 0.2) is 46.6 Å². The Labute approximate surface area is 205 Å². The summed E-state index contributed by atoms with van der Waals surface area (Å²) in [5.41, 5.74) is 5.27. The first-order valence-electron chi connectivity index (χ1n) is 13.0. The molecule has 0 aromatic carbocycles. The van der Waals surface area contributed by atoms with Crippen LogP contribution in [0.25, 0.3) is 0 Å². The van der Waals surface area contributed by atoms with E-state index in [2.05, 4.69) is 84.6 Å². The van der Waals surface area contributed by atoms with E-state index in [1.807, 2.05) is 0 Å². The topological polar surface area (TPSA) is 26.3 Å². The standard InChI is InChI=1S/C31H50O2/c1-8-9-10-11-12-13-14-15-22-31(32)33-30(25-29(7)21-17-19-27(4)5)24-23-28(6)20-16-18-26(2)3/h18-19,23,25,30H,8-14,16-17,20-21,24H2,1-7H3/b28-23+,29-25+. The summed E-state index contributed by atoms with van der Waals surface area (Å²) in [5, 5.41) is 0. The van der Waals surface area contributed by atoms with Crippen molar-refractivity contribution in [3.05, 3.63) is 46.6 Å². The van der Waals surface area contributed by atoms with Crippen molar-refractivity contribution in [1.82, 2.24) is 0 Å². The zero-order chi connectivity index (χ0) is 24.9. The predicted octanol–water partition coefficient (Wildman–Crippen LogP) is 9.43. The van der Waals surface area contributed by atoms with E-state index >= 15 is 0 Å². The Bertz CT molecular complexity index is 714. The predicted molar refractivity (Wildman–Crippen MR) is 145 cm³/mol. The first-order valence-corrected chi connectivity index (χ1v) is 13.0. The van der Waals surface area contributed by atoms with Gasteiger partial charge in [-0.25, -0.2) is 4.79 Å². The molecule has 0 aliphatic heterocycles. The number of allylic oxidation sites excluding steroid dienone is 6. The van der Waals surface area contributed by atoms with Gasteiger partial charge in [0.25, 0.3) is 0 Å². The molecule has 0 amide bonds. The number of rotatable bonds is 16. The van der Waals surface area contributed by atoms with E-state index in [0.29, 0.717) is 6.42 Å². The normalized spacial score (nSPS) is 12.5. The molecule has 0 rings (SSSR count). The van der Waals surface area contributed by atoms with Crippen LogP contribution in [0.3, 0.4) is 0 Å². The molecule has 0 aromatic rings. The van der Waals surface area contributed by atoms with Gasteiger partial charge in [-0.1, -0.05) is 85.5 Å². The molecule has 0 N–H and O–H groups in total. The molecular weight excluding hydrogens is 404 g/mol. The Balaban J connectivity index is 4.87. The summed E-state index contributed by atoms with van der Waals surface area (Å²) in [7, 11) is 0. The van der Waals surface area contributed by atoms with Gasteiger partial charge in [0.1, 0.15) is 6.10 Å². The van der Waals surface area contributed by atoms with Gasteiger partial charge in [0, 0.05) is 18.8 Å². The van der Waals surface area contributed by atoms with Crippen LogP contribution in [-0.4, -0.2) is 12.1 Å². The lowest BCUT2D eigenvalue weighted by molar-refractivity contribution is -0.139. The second-order valence-corrected chi connectivity index (χ2v) is 9.70. The van der Waals surface area contributed by atoms with Gasteiger partial charge < -0.3 is 4.74 Å². The van der Waals surface area contributed by atoms with Crippen LogP contribution in [0.1, 0.15) is 126 Å². The first kappa shape index (κ1) is 31.0. The molecule has 0 spiro atoms. The largest absolute Gasteiger partial charge is 0.448 e. The molecule has 1 atom stereocenters. The van der Waals surface area contributed by atoms with Crippen LogP contribution in [0.4, 0.5) is 0 Å². The number of ether oxygens (including phenoxy) is 1. The maximum Gasteiger partial charge on any atom is 0.384 e. The summed E-state index contributed by atoms with van der Waals surface area (Å²) in [6, 6.07) is 0.